The van der Waals surface area contributed by atoms with E-state index in [1.165, 1.54) is 10.4 Å². The molecule has 3 aromatic rings. The summed E-state index contributed by atoms with van der Waals surface area (Å²) in [7, 11) is -3.98. The smallest absolute Gasteiger partial charge is 0.255 e. The van der Waals surface area contributed by atoms with Crippen LogP contribution in [0, 0.1) is 19.7 Å². The maximum atomic E-state index is 14.4. The average Bonchev–Trinajstić information content (AvgIpc) is 3.40. The summed E-state index contributed by atoms with van der Waals surface area (Å²) >= 11 is 0. The van der Waals surface area contributed by atoms with E-state index in [4.69, 9.17) is 0 Å². The molecule has 162 valence electrons. The zero-order valence-corrected chi connectivity index (χ0v) is 18.1. The lowest BCUT2D eigenvalue weighted by molar-refractivity contribution is 0.102. The number of carbonyl (C=O) groups excluding carboxylic acids is 1. The van der Waals surface area contributed by atoms with Crippen LogP contribution in [0.2, 0.25) is 0 Å². The van der Waals surface area contributed by atoms with Gasteiger partial charge in [-0.25, -0.2) is 17.5 Å². The Morgan fingerprint density at radius 2 is 1.74 bits per heavy atom. The number of nitrogens with one attached hydrogen (secondary N) is 1. The number of hydrogen-bond donors (Lipinski definition) is 1. The summed E-state index contributed by atoms with van der Waals surface area (Å²) in [5.41, 5.74) is 2.78. The molecule has 4 rings (SSSR count). The lowest BCUT2D eigenvalue weighted by Crippen LogP contribution is -2.29. The largest absolute Gasteiger partial charge is 0.319 e. The minimum Gasteiger partial charge on any atom is -0.319 e. The molecule has 0 radical (unpaired) electrons. The van der Waals surface area contributed by atoms with Crippen molar-refractivity contribution in [3.63, 3.8) is 0 Å². The lowest BCUT2D eigenvalue weighted by atomic mass is 10.2. The molecule has 1 N–H and O–H groups in total. The highest BCUT2D eigenvalue weighted by molar-refractivity contribution is 7.89. The number of halogens is 1. The van der Waals surface area contributed by atoms with Crippen LogP contribution >= 0.6 is 0 Å². The van der Waals surface area contributed by atoms with E-state index in [1.807, 2.05) is 37.3 Å². The highest BCUT2D eigenvalue weighted by Gasteiger charge is 2.30. The molecule has 0 atom stereocenters. The van der Waals surface area contributed by atoms with Gasteiger partial charge < -0.3 is 5.32 Å². The fourth-order valence-electron chi connectivity index (χ4n) is 3.74. The zero-order valence-electron chi connectivity index (χ0n) is 17.3. The van der Waals surface area contributed by atoms with E-state index in [-0.39, 0.29) is 5.56 Å². The van der Waals surface area contributed by atoms with Gasteiger partial charge in [-0.1, -0.05) is 18.2 Å². The number of nitrogens with zero attached hydrogens (tertiary/aromatic N) is 3. The van der Waals surface area contributed by atoms with Gasteiger partial charge in [0.2, 0.25) is 10.0 Å². The molecule has 1 saturated heterocycles. The van der Waals surface area contributed by atoms with Crippen molar-refractivity contribution in [1.29, 1.82) is 0 Å². The van der Waals surface area contributed by atoms with E-state index < -0.39 is 26.6 Å². The molecule has 2 heterocycles. The maximum absolute atomic E-state index is 14.4. The van der Waals surface area contributed by atoms with E-state index in [0.29, 0.717) is 24.5 Å². The molecular formula is C22H23FN4O3S. The highest BCUT2D eigenvalue weighted by atomic mass is 32.2. The van der Waals surface area contributed by atoms with Gasteiger partial charge in [0.05, 0.1) is 22.8 Å². The first-order valence-corrected chi connectivity index (χ1v) is 11.5. The standard InChI is InChI=1S/C22H23FN4O3S/c1-15-21(16(2)27(25-15)18-8-4-3-5-9-18)24-22(28)17-10-11-19(23)20(14-17)31(29,30)26-12-6-7-13-26/h3-5,8-11,14H,6-7,12-13H2,1-2H3,(H,24,28). The highest BCUT2D eigenvalue weighted by Crippen LogP contribution is 2.26. The number of para-hydroxylation sites is 1. The van der Waals surface area contributed by atoms with Gasteiger partial charge in [-0.05, 0) is 57.0 Å². The van der Waals surface area contributed by atoms with Crippen LogP contribution in [-0.2, 0) is 10.0 Å². The van der Waals surface area contributed by atoms with E-state index in [9.17, 15) is 17.6 Å². The number of anilines is 1. The fourth-order valence-corrected chi connectivity index (χ4v) is 5.35. The lowest BCUT2D eigenvalue weighted by Gasteiger charge is -2.16. The molecule has 1 amide bonds. The SMILES string of the molecule is Cc1nn(-c2ccccc2)c(C)c1NC(=O)c1ccc(F)c(S(=O)(=O)N2CCCC2)c1. The van der Waals surface area contributed by atoms with Crippen LogP contribution in [0.4, 0.5) is 10.1 Å². The third kappa shape index (κ3) is 3.98. The Morgan fingerprint density at radius 3 is 2.42 bits per heavy atom. The van der Waals surface area contributed by atoms with Gasteiger partial charge in [-0.3, -0.25) is 4.79 Å². The number of amides is 1. The van der Waals surface area contributed by atoms with Crippen LogP contribution in [-0.4, -0.2) is 41.5 Å². The Balaban J connectivity index is 1.64. The normalized spacial score (nSPS) is 14.7. The molecule has 1 aromatic heterocycles. The van der Waals surface area contributed by atoms with Crippen molar-refractivity contribution < 1.29 is 17.6 Å². The molecule has 31 heavy (non-hydrogen) atoms. The number of aromatic nitrogens is 2. The van der Waals surface area contributed by atoms with Crippen molar-refractivity contribution in [2.75, 3.05) is 18.4 Å². The predicted molar refractivity (Wildman–Crippen MR) is 115 cm³/mol. The monoisotopic (exact) mass is 442 g/mol. The van der Waals surface area contributed by atoms with Gasteiger partial charge in [0, 0.05) is 18.7 Å². The Kier molecular flexibility index (Phi) is 5.63. The summed E-state index contributed by atoms with van der Waals surface area (Å²) in [6.45, 7) is 4.32. The molecule has 1 aliphatic heterocycles. The Hall–Kier alpha value is -3.04. The van der Waals surface area contributed by atoms with Gasteiger partial charge in [0.15, 0.2) is 0 Å². The van der Waals surface area contributed by atoms with Gasteiger partial charge in [0.25, 0.3) is 5.91 Å². The number of aryl methyl sites for hydroxylation is 1. The van der Waals surface area contributed by atoms with Crippen LogP contribution < -0.4 is 5.32 Å². The van der Waals surface area contributed by atoms with E-state index in [0.717, 1.165) is 36.4 Å². The number of carbonyl (C=O) groups is 1. The molecule has 0 unspecified atom stereocenters. The average molecular weight is 443 g/mol. The van der Waals surface area contributed by atoms with Crippen LogP contribution in [0.15, 0.2) is 53.4 Å². The number of sulfonamides is 1. The van der Waals surface area contributed by atoms with Gasteiger partial charge in [-0.2, -0.15) is 9.40 Å². The second-order valence-electron chi connectivity index (χ2n) is 7.50. The van der Waals surface area contributed by atoms with Crippen molar-refractivity contribution >= 4 is 21.6 Å². The van der Waals surface area contributed by atoms with Crippen molar-refractivity contribution in [3.05, 3.63) is 71.3 Å². The minimum absolute atomic E-state index is 0.0606. The third-order valence-electron chi connectivity index (χ3n) is 5.41. The van der Waals surface area contributed by atoms with Gasteiger partial charge in [0.1, 0.15) is 10.7 Å². The second-order valence-corrected chi connectivity index (χ2v) is 9.41. The molecule has 0 aliphatic carbocycles. The number of hydrogen-bond acceptors (Lipinski definition) is 4. The third-order valence-corrected chi connectivity index (χ3v) is 7.32. The summed E-state index contributed by atoms with van der Waals surface area (Å²) in [5, 5.41) is 7.29. The van der Waals surface area contributed by atoms with Crippen LogP contribution in [0.25, 0.3) is 5.69 Å². The van der Waals surface area contributed by atoms with E-state index >= 15 is 0 Å². The molecular weight excluding hydrogens is 419 g/mol. The second kappa shape index (κ2) is 8.24. The number of benzene rings is 2. The van der Waals surface area contributed by atoms with Crippen molar-refractivity contribution in [3.8, 4) is 5.69 Å². The maximum Gasteiger partial charge on any atom is 0.255 e. The molecule has 7 nitrogen and oxygen atoms in total. The molecule has 0 spiro atoms. The van der Waals surface area contributed by atoms with Crippen molar-refractivity contribution in [2.24, 2.45) is 0 Å². The molecule has 1 aliphatic rings. The van der Waals surface area contributed by atoms with E-state index in [1.54, 1.807) is 11.6 Å². The summed E-state index contributed by atoms with van der Waals surface area (Å²) < 4.78 is 42.9. The van der Waals surface area contributed by atoms with Crippen LogP contribution in [0.3, 0.4) is 0 Å². The number of rotatable bonds is 5. The summed E-state index contributed by atoms with van der Waals surface area (Å²) in [5.74, 6) is -1.40. The molecule has 0 bridgehead atoms. The molecule has 9 heteroatoms. The van der Waals surface area contributed by atoms with E-state index in [2.05, 4.69) is 10.4 Å². The summed E-state index contributed by atoms with van der Waals surface area (Å²) in [6.07, 6.45) is 1.48. The molecule has 0 saturated carbocycles. The van der Waals surface area contributed by atoms with Crippen molar-refractivity contribution in [1.82, 2.24) is 14.1 Å². The topological polar surface area (TPSA) is 84.3 Å². The molecule has 2 aromatic carbocycles. The Bertz CT molecular complexity index is 1230. The zero-order chi connectivity index (χ0) is 22.2. The summed E-state index contributed by atoms with van der Waals surface area (Å²) in [4.78, 5) is 12.4. The van der Waals surface area contributed by atoms with Crippen LogP contribution in [0.1, 0.15) is 34.6 Å². The predicted octanol–water partition coefficient (Wildman–Crippen LogP) is 3.67. The molecule has 1 fully saturated rings. The minimum atomic E-state index is -3.98. The fraction of sp³-hybridized carbons (Fsp3) is 0.273. The first-order valence-electron chi connectivity index (χ1n) is 10.0. The first kappa shape index (κ1) is 21.2. The van der Waals surface area contributed by atoms with Crippen molar-refractivity contribution in [2.45, 2.75) is 31.6 Å². The van der Waals surface area contributed by atoms with Gasteiger partial charge in [-0.15, -0.1) is 0 Å². The quantitative estimate of drug-likeness (QED) is 0.654. The Morgan fingerprint density at radius 1 is 1.06 bits per heavy atom. The van der Waals surface area contributed by atoms with Crippen LogP contribution in [0.5, 0.6) is 0 Å². The van der Waals surface area contributed by atoms with Gasteiger partial charge >= 0.3 is 0 Å². The Labute approximate surface area is 180 Å². The summed E-state index contributed by atoms with van der Waals surface area (Å²) in [6, 6.07) is 12.9. The first-order chi connectivity index (χ1) is 14.8.